The standard InChI is InChI=1S/C15H21Cl2N3O/c1-15(2)4-6-20(9-15)5-3-13(21)19-14-11(16)7-10(18)8-12(14)17/h7-8H,3-6,9,18H2,1-2H3,(H,19,21). The average molecular weight is 330 g/mol. The van der Waals surface area contributed by atoms with Gasteiger partial charge in [0.05, 0.1) is 15.7 Å². The van der Waals surface area contributed by atoms with Crippen LogP contribution in [-0.4, -0.2) is 30.4 Å². The summed E-state index contributed by atoms with van der Waals surface area (Å²) in [6.45, 7) is 7.33. The first-order valence-corrected chi connectivity index (χ1v) is 7.79. The van der Waals surface area contributed by atoms with Crippen molar-refractivity contribution in [3.05, 3.63) is 22.2 Å². The highest BCUT2D eigenvalue weighted by molar-refractivity contribution is 6.40. The molecule has 0 saturated carbocycles. The Bertz CT molecular complexity index is 523. The first-order chi connectivity index (χ1) is 9.77. The van der Waals surface area contributed by atoms with E-state index in [0.29, 0.717) is 33.3 Å². The molecule has 1 aliphatic heterocycles. The smallest absolute Gasteiger partial charge is 0.225 e. The van der Waals surface area contributed by atoms with Gasteiger partial charge < -0.3 is 16.0 Å². The van der Waals surface area contributed by atoms with Gasteiger partial charge in [0, 0.05) is 25.2 Å². The maximum Gasteiger partial charge on any atom is 0.225 e. The molecule has 116 valence electrons. The Morgan fingerprint density at radius 3 is 2.52 bits per heavy atom. The van der Waals surface area contributed by atoms with Crippen LogP contribution in [0.15, 0.2) is 12.1 Å². The first kappa shape index (κ1) is 16.4. The van der Waals surface area contributed by atoms with Gasteiger partial charge in [-0.25, -0.2) is 0 Å². The zero-order valence-corrected chi connectivity index (χ0v) is 13.9. The lowest BCUT2D eigenvalue weighted by Gasteiger charge is -2.19. The minimum atomic E-state index is -0.0896. The molecule has 1 heterocycles. The second kappa shape index (κ2) is 6.42. The van der Waals surface area contributed by atoms with Gasteiger partial charge in [-0.2, -0.15) is 0 Å². The second-order valence-electron chi connectivity index (χ2n) is 6.35. The zero-order chi connectivity index (χ0) is 15.6. The molecular formula is C15H21Cl2N3O. The molecule has 0 aromatic heterocycles. The van der Waals surface area contributed by atoms with Crippen LogP contribution in [0, 0.1) is 5.41 Å². The van der Waals surface area contributed by atoms with Crippen LogP contribution in [0.5, 0.6) is 0 Å². The van der Waals surface area contributed by atoms with Gasteiger partial charge in [-0.1, -0.05) is 37.0 Å². The third-order valence-corrected chi connectivity index (χ3v) is 4.34. The number of nitrogens with two attached hydrogens (primary N) is 1. The molecule has 6 heteroatoms. The maximum atomic E-state index is 12.0. The normalized spacial score (nSPS) is 17.9. The van der Waals surface area contributed by atoms with Gasteiger partial charge in [0.15, 0.2) is 0 Å². The molecule has 0 bridgehead atoms. The Kier molecular flexibility index (Phi) is 5.02. The molecule has 2 rings (SSSR count). The molecule has 0 unspecified atom stereocenters. The minimum absolute atomic E-state index is 0.0896. The van der Waals surface area contributed by atoms with Crippen molar-refractivity contribution in [2.45, 2.75) is 26.7 Å². The van der Waals surface area contributed by atoms with Gasteiger partial charge in [-0.05, 0) is 30.5 Å². The lowest BCUT2D eigenvalue weighted by Crippen LogP contribution is -2.27. The minimum Gasteiger partial charge on any atom is -0.399 e. The molecule has 4 nitrogen and oxygen atoms in total. The van der Waals surface area contributed by atoms with Crippen molar-refractivity contribution in [2.75, 3.05) is 30.7 Å². The molecule has 1 aromatic carbocycles. The number of anilines is 2. The van der Waals surface area contributed by atoms with E-state index >= 15 is 0 Å². The zero-order valence-electron chi connectivity index (χ0n) is 12.4. The number of nitrogen functional groups attached to an aromatic ring is 1. The van der Waals surface area contributed by atoms with Crippen LogP contribution in [0.2, 0.25) is 10.0 Å². The van der Waals surface area contributed by atoms with Crippen molar-refractivity contribution >= 4 is 40.5 Å². The summed E-state index contributed by atoms with van der Waals surface area (Å²) >= 11 is 12.1. The lowest BCUT2D eigenvalue weighted by molar-refractivity contribution is -0.116. The van der Waals surface area contributed by atoms with Gasteiger partial charge >= 0.3 is 0 Å². The number of benzene rings is 1. The topological polar surface area (TPSA) is 58.4 Å². The number of hydrogen-bond donors (Lipinski definition) is 2. The van der Waals surface area contributed by atoms with E-state index in [1.807, 2.05) is 0 Å². The number of likely N-dealkylation sites (tertiary alicyclic amines) is 1. The lowest BCUT2D eigenvalue weighted by atomic mass is 9.93. The summed E-state index contributed by atoms with van der Waals surface area (Å²) in [6, 6.07) is 3.15. The predicted molar refractivity (Wildman–Crippen MR) is 89.0 cm³/mol. The molecule has 1 aromatic rings. The second-order valence-corrected chi connectivity index (χ2v) is 7.16. The SMILES string of the molecule is CC1(C)CCN(CCC(=O)Nc2c(Cl)cc(N)cc2Cl)C1. The summed E-state index contributed by atoms with van der Waals surface area (Å²) < 4.78 is 0. The third kappa shape index (κ3) is 4.50. The molecule has 0 radical (unpaired) electrons. The molecule has 0 aliphatic carbocycles. The number of rotatable bonds is 4. The molecule has 1 amide bonds. The quantitative estimate of drug-likeness (QED) is 0.829. The monoisotopic (exact) mass is 329 g/mol. The van der Waals surface area contributed by atoms with Crippen LogP contribution in [0.4, 0.5) is 11.4 Å². The predicted octanol–water partition coefficient (Wildman–Crippen LogP) is 3.64. The number of amides is 1. The van der Waals surface area contributed by atoms with Crippen molar-refractivity contribution < 1.29 is 4.79 Å². The van der Waals surface area contributed by atoms with E-state index in [4.69, 9.17) is 28.9 Å². The Balaban J connectivity index is 1.88. The van der Waals surface area contributed by atoms with E-state index in [-0.39, 0.29) is 5.91 Å². The van der Waals surface area contributed by atoms with Crippen molar-refractivity contribution in [3.63, 3.8) is 0 Å². The highest BCUT2D eigenvalue weighted by Gasteiger charge is 2.28. The highest BCUT2D eigenvalue weighted by atomic mass is 35.5. The fraction of sp³-hybridized carbons (Fsp3) is 0.533. The summed E-state index contributed by atoms with van der Waals surface area (Å²) in [4.78, 5) is 14.3. The molecule has 1 aliphatic rings. The Hall–Kier alpha value is -0.970. The number of carbonyl (C=O) groups is 1. The van der Waals surface area contributed by atoms with Crippen molar-refractivity contribution in [2.24, 2.45) is 5.41 Å². The Morgan fingerprint density at radius 2 is 2.00 bits per heavy atom. The molecular weight excluding hydrogens is 309 g/mol. The molecule has 1 saturated heterocycles. The molecule has 3 N–H and O–H groups in total. The maximum absolute atomic E-state index is 12.0. The van der Waals surface area contributed by atoms with Crippen LogP contribution in [-0.2, 0) is 4.79 Å². The van der Waals surface area contributed by atoms with Crippen molar-refractivity contribution in [1.82, 2.24) is 4.90 Å². The van der Waals surface area contributed by atoms with Crippen molar-refractivity contribution in [3.8, 4) is 0 Å². The van der Waals surface area contributed by atoms with E-state index in [0.717, 1.165) is 19.6 Å². The molecule has 1 fully saturated rings. The van der Waals surface area contributed by atoms with E-state index in [9.17, 15) is 4.79 Å². The summed E-state index contributed by atoms with van der Waals surface area (Å²) in [7, 11) is 0. The van der Waals surface area contributed by atoms with E-state index in [1.165, 1.54) is 6.42 Å². The molecule has 0 spiro atoms. The van der Waals surface area contributed by atoms with Crippen LogP contribution >= 0.6 is 23.2 Å². The van der Waals surface area contributed by atoms with Crippen LogP contribution in [0.25, 0.3) is 0 Å². The Morgan fingerprint density at radius 1 is 1.38 bits per heavy atom. The van der Waals surface area contributed by atoms with Crippen molar-refractivity contribution in [1.29, 1.82) is 0 Å². The van der Waals surface area contributed by atoms with Gasteiger partial charge in [0.1, 0.15) is 0 Å². The Labute approximate surface area is 135 Å². The van der Waals surface area contributed by atoms with E-state index in [1.54, 1.807) is 12.1 Å². The largest absolute Gasteiger partial charge is 0.399 e. The van der Waals surface area contributed by atoms with Gasteiger partial charge in [-0.3, -0.25) is 4.79 Å². The summed E-state index contributed by atoms with van der Waals surface area (Å²) in [6.07, 6.45) is 1.59. The van der Waals surface area contributed by atoms with Gasteiger partial charge in [0.25, 0.3) is 0 Å². The average Bonchev–Trinajstić information content (AvgIpc) is 2.71. The summed E-state index contributed by atoms with van der Waals surface area (Å²) in [5, 5.41) is 3.48. The van der Waals surface area contributed by atoms with Gasteiger partial charge in [0.2, 0.25) is 5.91 Å². The summed E-state index contributed by atoms with van der Waals surface area (Å²) in [5.74, 6) is -0.0896. The number of halogens is 2. The van der Waals surface area contributed by atoms with Crippen LogP contribution < -0.4 is 11.1 Å². The van der Waals surface area contributed by atoms with Crippen LogP contribution in [0.3, 0.4) is 0 Å². The number of nitrogens with zero attached hydrogens (tertiary/aromatic N) is 1. The third-order valence-electron chi connectivity index (χ3n) is 3.74. The fourth-order valence-corrected chi connectivity index (χ4v) is 3.19. The number of carbonyl (C=O) groups excluding carboxylic acids is 1. The highest BCUT2D eigenvalue weighted by Crippen LogP contribution is 2.33. The van der Waals surface area contributed by atoms with Crippen LogP contribution in [0.1, 0.15) is 26.7 Å². The first-order valence-electron chi connectivity index (χ1n) is 7.03. The van der Waals surface area contributed by atoms with E-state index < -0.39 is 0 Å². The fourth-order valence-electron chi connectivity index (χ4n) is 2.59. The van der Waals surface area contributed by atoms with E-state index in [2.05, 4.69) is 24.1 Å². The molecule has 21 heavy (non-hydrogen) atoms. The molecule has 0 atom stereocenters. The van der Waals surface area contributed by atoms with Gasteiger partial charge in [-0.15, -0.1) is 0 Å². The summed E-state index contributed by atoms with van der Waals surface area (Å²) in [5.41, 5.74) is 6.89. The number of hydrogen-bond acceptors (Lipinski definition) is 3. The number of nitrogens with one attached hydrogen (secondary N) is 1.